The lowest BCUT2D eigenvalue weighted by molar-refractivity contribution is 0.386. The topological polar surface area (TPSA) is 159 Å². The second kappa shape index (κ2) is 23.0. The van der Waals surface area contributed by atoms with Crippen LogP contribution in [0.4, 0.5) is 34.1 Å². The molecule has 0 radical (unpaired) electrons. The molecule has 10 aromatic carbocycles. The summed E-state index contributed by atoms with van der Waals surface area (Å²) in [5, 5.41) is 47.9. The van der Waals surface area contributed by atoms with E-state index in [1.54, 1.807) is 49.1 Å². The average Bonchev–Trinajstić information content (AvgIpc) is 0.993. The average molecular weight is 1170 g/mol. The number of hydrogen-bond donors (Lipinski definition) is 4. The minimum atomic E-state index is -0.282. The number of aromatic hydroxyl groups is 2. The number of phenols is 2. The number of rotatable bonds is 16. The molecular weight excluding hydrogens is 1120 g/mol. The molecule has 0 atom stereocenters. The maximum absolute atomic E-state index is 12.0. The molecule has 1 aliphatic rings. The number of hydrogen-bond acceptors (Lipinski definition) is 10. The van der Waals surface area contributed by atoms with Crippen LogP contribution in [-0.4, -0.2) is 58.6 Å². The number of benzene rings is 10. The highest BCUT2D eigenvalue weighted by Crippen LogP contribution is 2.51. The SMILES string of the molecule is OC1=C(c2ccc(N(c3ccc(-c4nccn4-c4ccccc4)cc3)c3ccc(-c4nccn4-c4ccccc4)cc3)cc2O)C(O)=C1c1ccc(N(c2ccc(-c3nccn3-c3ccccc3)cc2)c2ccc(-c3nccn3-c3ccccc3)cc2)cc1O. The Hall–Kier alpha value is -12.7. The van der Waals surface area contributed by atoms with Crippen LogP contribution in [0.5, 0.6) is 11.5 Å². The molecule has 0 unspecified atom stereocenters. The summed E-state index contributed by atoms with van der Waals surface area (Å²) in [6.45, 7) is 0. The molecule has 0 aliphatic heterocycles. The molecule has 90 heavy (non-hydrogen) atoms. The van der Waals surface area contributed by atoms with Gasteiger partial charge in [-0.1, -0.05) is 72.8 Å². The van der Waals surface area contributed by atoms with Crippen LogP contribution in [0.15, 0.2) is 316 Å². The molecule has 4 heterocycles. The number of phenolic OH excluding ortho intramolecular Hbond substituents is 2. The van der Waals surface area contributed by atoms with Gasteiger partial charge in [0, 0.05) is 152 Å². The van der Waals surface area contributed by atoms with Crippen molar-refractivity contribution in [2.75, 3.05) is 9.80 Å². The van der Waals surface area contributed by atoms with E-state index in [4.69, 9.17) is 19.9 Å². The number of imidazole rings is 4. The van der Waals surface area contributed by atoms with E-state index in [-0.39, 0.29) is 45.3 Å². The Labute approximate surface area is 518 Å². The standard InChI is InChI=1S/C76H54N10O4/c87-67-49-63(85(59-29-21-51(22-30-59)73-77-41-45-81(73)55-13-5-1-6-14-55)60-31-23-52(24-32-60)74-78-42-46-82(74)56-15-7-2-8-16-56)37-39-65(67)69-71(89)70(72(69)90)66-40-38-64(50-68(66)88)86(61-33-25-53(26-34-61)75-79-43-47-83(75)57-17-9-3-10-18-57)62-35-27-54(28-36-62)76-80-44-48-84(76)58-19-11-4-12-20-58/h1-50,87-90H. The van der Waals surface area contributed by atoms with Crippen molar-refractivity contribution in [1.82, 2.24) is 38.2 Å². The lowest BCUT2D eigenvalue weighted by Crippen LogP contribution is -2.13. The van der Waals surface area contributed by atoms with Crippen LogP contribution in [0.3, 0.4) is 0 Å². The molecule has 14 heteroatoms. The van der Waals surface area contributed by atoms with E-state index in [1.807, 2.05) is 283 Å². The van der Waals surface area contributed by atoms with E-state index in [0.717, 1.165) is 91.1 Å². The fraction of sp³-hybridized carbons (Fsp3) is 0. The van der Waals surface area contributed by atoms with Crippen molar-refractivity contribution >= 4 is 45.3 Å². The lowest BCUT2D eigenvalue weighted by Gasteiger charge is -2.29. The zero-order valence-electron chi connectivity index (χ0n) is 48.1. The molecule has 15 rings (SSSR count). The van der Waals surface area contributed by atoms with Crippen LogP contribution in [0.25, 0.3) is 79.4 Å². The van der Waals surface area contributed by atoms with Gasteiger partial charge in [0.25, 0.3) is 0 Å². The molecule has 0 amide bonds. The number of aliphatic hydroxyl groups is 2. The van der Waals surface area contributed by atoms with Gasteiger partial charge in [0.05, 0.1) is 11.1 Å². The molecule has 0 bridgehead atoms. The summed E-state index contributed by atoms with van der Waals surface area (Å²) in [5.74, 6) is 2.19. The van der Waals surface area contributed by atoms with E-state index >= 15 is 0 Å². The predicted molar refractivity (Wildman–Crippen MR) is 355 cm³/mol. The zero-order valence-corrected chi connectivity index (χ0v) is 48.1. The van der Waals surface area contributed by atoms with Gasteiger partial charge in [-0.05, 0) is 170 Å². The van der Waals surface area contributed by atoms with Crippen molar-refractivity contribution in [2.45, 2.75) is 0 Å². The van der Waals surface area contributed by atoms with E-state index in [9.17, 15) is 20.4 Å². The largest absolute Gasteiger partial charge is 0.507 e. The molecule has 432 valence electrons. The van der Waals surface area contributed by atoms with Crippen molar-refractivity contribution in [2.24, 2.45) is 0 Å². The van der Waals surface area contributed by atoms with Gasteiger partial charge in [-0.25, -0.2) is 19.9 Å². The van der Waals surface area contributed by atoms with Gasteiger partial charge < -0.3 is 30.2 Å². The van der Waals surface area contributed by atoms with Crippen molar-refractivity contribution in [3.8, 4) is 79.8 Å². The van der Waals surface area contributed by atoms with Crippen molar-refractivity contribution in [3.63, 3.8) is 0 Å². The lowest BCUT2D eigenvalue weighted by atomic mass is 9.83. The van der Waals surface area contributed by atoms with E-state index in [1.165, 1.54) is 0 Å². The molecule has 14 aromatic rings. The molecule has 4 aromatic heterocycles. The number of anilines is 6. The first-order chi connectivity index (χ1) is 44.3. The normalized spacial score (nSPS) is 12.1. The molecular formula is C76H54N10O4. The van der Waals surface area contributed by atoms with Gasteiger partial charge in [-0.15, -0.1) is 0 Å². The Bertz CT molecular complexity index is 4390. The molecule has 4 N–H and O–H groups in total. The van der Waals surface area contributed by atoms with E-state index in [0.29, 0.717) is 11.4 Å². The van der Waals surface area contributed by atoms with Crippen molar-refractivity contribution in [1.29, 1.82) is 0 Å². The van der Waals surface area contributed by atoms with Gasteiger partial charge in [-0.3, -0.25) is 18.3 Å². The van der Waals surface area contributed by atoms with E-state index < -0.39 is 0 Å². The summed E-state index contributed by atoms with van der Waals surface area (Å²) >= 11 is 0. The monoisotopic (exact) mass is 1170 g/mol. The number of para-hydroxylation sites is 4. The number of nitrogens with zero attached hydrogens (tertiary/aromatic N) is 10. The zero-order chi connectivity index (χ0) is 60.7. The molecule has 0 saturated carbocycles. The third-order valence-corrected chi connectivity index (χ3v) is 16.2. The second-order valence-corrected chi connectivity index (χ2v) is 21.5. The highest BCUT2D eigenvalue weighted by atomic mass is 16.3. The summed E-state index contributed by atoms with van der Waals surface area (Å²) in [6, 6.07) is 82.7. The number of allylic oxidation sites excluding steroid dienone is 2. The van der Waals surface area contributed by atoms with Crippen LogP contribution in [0, 0.1) is 0 Å². The number of aromatic nitrogens is 8. The summed E-state index contributed by atoms with van der Waals surface area (Å²) in [4.78, 5) is 22.9. The van der Waals surface area contributed by atoms with Gasteiger partial charge in [0.1, 0.15) is 46.3 Å². The van der Waals surface area contributed by atoms with Crippen LogP contribution < -0.4 is 9.80 Å². The van der Waals surface area contributed by atoms with Crippen LogP contribution >= 0.6 is 0 Å². The van der Waals surface area contributed by atoms with Crippen molar-refractivity contribution in [3.05, 3.63) is 327 Å². The summed E-state index contributed by atoms with van der Waals surface area (Å²) < 4.78 is 8.18. The maximum Gasteiger partial charge on any atom is 0.144 e. The Morgan fingerprint density at radius 2 is 0.489 bits per heavy atom. The first kappa shape index (κ1) is 54.0. The molecule has 14 nitrogen and oxygen atoms in total. The third-order valence-electron chi connectivity index (χ3n) is 16.2. The Morgan fingerprint density at radius 1 is 0.256 bits per heavy atom. The summed E-state index contributed by atoms with van der Waals surface area (Å²) in [5.41, 5.74) is 12.5. The van der Waals surface area contributed by atoms with Gasteiger partial charge in [0.2, 0.25) is 0 Å². The highest BCUT2D eigenvalue weighted by molar-refractivity contribution is 6.08. The van der Waals surface area contributed by atoms with Gasteiger partial charge >= 0.3 is 0 Å². The third kappa shape index (κ3) is 9.87. The summed E-state index contributed by atoms with van der Waals surface area (Å²) in [7, 11) is 0. The summed E-state index contributed by atoms with van der Waals surface area (Å²) in [6.07, 6.45) is 14.9. The molecule has 0 fully saturated rings. The van der Waals surface area contributed by atoms with Gasteiger partial charge in [-0.2, -0.15) is 0 Å². The Balaban J connectivity index is 0.746. The minimum absolute atomic E-state index is 0.0446. The Morgan fingerprint density at radius 3 is 0.722 bits per heavy atom. The number of aliphatic hydroxyl groups excluding tert-OH is 2. The maximum atomic E-state index is 12.0. The van der Waals surface area contributed by atoms with Crippen LogP contribution in [-0.2, 0) is 0 Å². The van der Waals surface area contributed by atoms with Crippen LogP contribution in [0.1, 0.15) is 11.1 Å². The molecule has 0 spiro atoms. The molecule has 0 saturated heterocycles. The second-order valence-electron chi connectivity index (χ2n) is 21.5. The molecule has 1 aliphatic carbocycles. The first-order valence-corrected chi connectivity index (χ1v) is 29.2. The minimum Gasteiger partial charge on any atom is -0.507 e. The fourth-order valence-electron chi connectivity index (χ4n) is 11.9. The first-order valence-electron chi connectivity index (χ1n) is 29.2. The Kier molecular flexibility index (Phi) is 13.8. The van der Waals surface area contributed by atoms with Crippen LogP contribution in [0.2, 0.25) is 0 Å². The van der Waals surface area contributed by atoms with Gasteiger partial charge in [0.15, 0.2) is 0 Å². The fourth-order valence-corrected chi connectivity index (χ4v) is 11.9. The van der Waals surface area contributed by atoms with Crippen molar-refractivity contribution < 1.29 is 20.4 Å². The smallest absolute Gasteiger partial charge is 0.144 e. The van der Waals surface area contributed by atoms with E-state index in [2.05, 4.69) is 0 Å². The quantitative estimate of drug-likeness (QED) is 0.0734. The predicted octanol–water partition coefficient (Wildman–Crippen LogP) is 17.7. The highest BCUT2D eigenvalue weighted by Gasteiger charge is 2.35.